The van der Waals surface area contributed by atoms with Crippen molar-refractivity contribution in [3.8, 4) is 11.4 Å². The summed E-state index contributed by atoms with van der Waals surface area (Å²) in [5.74, 6) is 0.907. The number of hydrogen-bond donors (Lipinski definition) is 1. The van der Waals surface area contributed by atoms with E-state index in [0.29, 0.717) is 18.0 Å². The summed E-state index contributed by atoms with van der Waals surface area (Å²) in [5, 5.41) is 0. The summed E-state index contributed by atoms with van der Waals surface area (Å²) < 4.78 is 2.10. The Labute approximate surface area is 135 Å². The third-order valence-electron chi connectivity index (χ3n) is 3.61. The van der Waals surface area contributed by atoms with Gasteiger partial charge in [0.2, 0.25) is 0 Å². The molecule has 5 heteroatoms. The lowest BCUT2D eigenvalue weighted by atomic mass is 10.1. The van der Waals surface area contributed by atoms with Crippen LogP contribution in [0.25, 0.3) is 22.6 Å². The fraction of sp³-hybridized carbons (Fsp3) is 0.235. The van der Waals surface area contributed by atoms with Gasteiger partial charge in [-0.2, -0.15) is 0 Å². The first-order valence-corrected chi connectivity index (χ1v) is 7.63. The fourth-order valence-corrected chi connectivity index (χ4v) is 2.56. The van der Waals surface area contributed by atoms with Crippen molar-refractivity contribution >= 4 is 28.4 Å². The van der Waals surface area contributed by atoms with E-state index >= 15 is 0 Å². The number of fused-ring (bicyclic) bond motifs is 1. The van der Waals surface area contributed by atoms with Gasteiger partial charge in [0.1, 0.15) is 11.3 Å². The van der Waals surface area contributed by atoms with Crippen molar-refractivity contribution in [1.82, 2.24) is 14.5 Å². The minimum atomic E-state index is 0.504. The Kier molecular flexibility index (Phi) is 3.90. The molecule has 0 bridgehead atoms. The van der Waals surface area contributed by atoms with Crippen LogP contribution in [0.15, 0.2) is 36.5 Å². The van der Waals surface area contributed by atoms with Gasteiger partial charge < -0.3 is 10.3 Å². The van der Waals surface area contributed by atoms with Gasteiger partial charge in [-0.1, -0.05) is 42.0 Å². The fourth-order valence-electron chi connectivity index (χ4n) is 2.47. The van der Waals surface area contributed by atoms with Crippen LogP contribution < -0.4 is 5.73 Å². The highest BCUT2D eigenvalue weighted by Gasteiger charge is 2.14. The van der Waals surface area contributed by atoms with Crippen LogP contribution in [0.1, 0.15) is 17.5 Å². The summed E-state index contributed by atoms with van der Waals surface area (Å²) in [6.45, 7) is 4.78. The molecule has 0 amide bonds. The van der Waals surface area contributed by atoms with Gasteiger partial charge >= 0.3 is 0 Å². The second-order valence-electron chi connectivity index (χ2n) is 5.52. The van der Waals surface area contributed by atoms with Gasteiger partial charge in [-0.25, -0.2) is 9.97 Å². The van der Waals surface area contributed by atoms with E-state index in [0.717, 1.165) is 28.1 Å². The van der Waals surface area contributed by atoms with Crippen molar-refractivity contribution in [3.63, 3.8) is 0 Å². The normalized spacial score (nSPS) is 11.0. The number of aromatic nitrogens is 3. The number of rotatable bonds is 4. The first kappa shape index (κ1) is 14.7. The van der Waals surface area contributed by atoms with Crippen LogP contribution in [-0.4, -0.2) is 19.5 Å². The van der Waals surface area contributed by atoms with Gasteiger partial charge in [-0.05, 0) is 25.5 Å². The van der Waals surface area contributed by atoms with E-state index in [4.69, 9.17) is 22.9 Å². The summed E-state index contributed by atoms with van der Waals surface area (Å²) in [6, 6.07) is 10.4. The molecule has 3 aromatic rings. The summed E-state index contributed by atoms with van der Waals surface area (Å²) in [5.41, 5.74) is 10.8. The molecule has 22 heavy (non-hydrogen) atoms. The molecule has 2 heterocycles. The number of imidazole rings is 1. The highest BCUT2D eigenvalue weighted by molar-refractivity contribution is 7.80. The topological polar surface area (TPSA) is 56.7 Å². The molecule has 0 fully saturated rings. The summed E-state index contributed by atoms with van der Waals surface area (Å²) >= 11 is 5.01. The summed E-state index contributed by atoms with van der Waals surface area (Å²) in [7, 11) is 0. The molecule has 2 N–H and O–H groups in total. The predicted molar refractivity (Wildman–Crippen MR) is 93.8 cm³/mol. The Bertz CT molecular complexity index is 834. The molecule has 0 saturated carbocycles. The number of nitrogens with two attached hydrogens (primary N) is 1. The molecule has 0 radical (unpaired) electrons. The second kappa shape index (κ2) is 5.85. The van der Waals surface area contributed by atoms with Crippen molar-refractivity contribution in [2.45, 2.75) is 26.8 Å². The second-order valence-corrected chi connectivity index (χ2v) is 6.05. The van der Waals surface area contributed by atoms with Crippen molar-refractivity contribution in [3.05, 3.63) is 47.7 Å². The Morgan fingerprint density at radius 3 is 2.59 bits per heavy atom. The number of pyridine rings is 1. The molecule has 0 aliphatic heterocycles. The Morgan fingerprint density at radius 2 is 1.91 bits per heavy atom. The molecule has 2 aromatic heterocycles. The van der Waals surface area contributed by atoms with Gasteiger partial charge in [0.25, 0.3) is 0 Å². The van der Waals surface area contributed by atoms with E-state index in [9.17, 15) is 0 Å². The molecule has 0 aliphatic rings. The maximum atomic E-state index is 5.66. The molecule has 0 unspecified atom stereocenters. The highest BCUT2D eigenvalue weighted by Crippen LogP contribution is 2.25. The smallest absolute Gasteiger partial charge is 0.160 e. The van der Waals surface area contributed by atoms with Gasteiger partial charge in [0.05, 0.1) is 4.99 Å². The molecular weight excluding hydrogens is 292 g/mol. The average Bonchev–Trinajstić information content (AvgIpc) is 2.83. The van der Waals surface area contributed by atoms with E-state index in [2.05, 4.69) is 46.8 Å². The Morgan fingerprint density at radius 1 is 1.18 bits per heavy atom. The van der Waals surface area contributed by atoms with Crippen LogP contribution in [0.2, 0.25) is 0 Å². The van der Waals surface area contributed by atoms with Gasteiger partial charge in [0.15, 0.2) is 5.65 Å². The molecule has 1 aromatic carbocycles. The van der Waals surface area contributed by atoms with Crippen LogP contribution in [0, 0.1) is 13.8 Å². The van der Waals surface area contributed by atoms with E-state index < -0.39 is 0 Å². The van der Waals surface area contributed by atoms with E-state index in [1.165, 1.54) is 5.56 Å². The summed E-state index contributed by atoms with van der Waals surface area (Å²) in [6.07, 6.45) is 2.50. The van der Waals surface area contributed by atoms with Crippen molar-refractivity contribution in [2.24, 2.45) is 5.73 Å². The quantitative estimate of drug-likeness (QED) is 0.750. The highest BCUT2D eigenvalue weighted by atomic mass is 32.1. The maximum Gasteiger partial charge on any atom is 0.160 e. The Hall–Kier alpha value is -2.27. The van der Waals surface area contributed by atoms with Crippen LogP contribution in [0.5, 0.6) is 0 Å². The number of hydrogen-bond acceptors (Lipinski definition) is 3. The van der Waals surface area contributed by atoms with Crippen molar-refractivity contribution in [2.75, 3.05) is 0 Å². The first-order chi connectivity index (χ1) is 10.5. The van der Waals surface area contributed by atoms with Crippen LogP contribution >= 0.6 is 12.2 Å². The van der Waals surface area contributed by atoms with Crippen LogP contribution in [0.3, 0.4) is 0 Å². The molecule has 112 valence electrons. The van der Waals surface area contributed by atoms with E-state index in [1.54, 1.807) is 0 Å². The number of thiocarbonyl (C=S) groups is 1. The number of aryl methyl sites for hydroxylation is 3. The lowest BCUT2D eigenvalue weighted by Crippen LogP contribution is -2.12. The third kappa shape index (κ3) is 2.85. The average molecular weight is 310 g/mol. The van der Waals surface area contributed by atoms with Crippen LogP contribution in [-0.2, 0) is 6.54 Å². The standard InChI is InChI=1S/C17H18N4S/c1-11-3-5-13(6-4-11)16-20-14-9-12(2)10-19-17(14)21(16)8-7-15(18)22/h3-6,9-10H,7-8H2,1-2H3,(H2,18,22). The minimum Gasteiger partial charge on any atom is -0.393 e. The van der Waals surface area contributed by atoms with Crippen LogP contribution in [0.4, 0.5) is 0 Å². The predicted octanol–water partition coefficient (Wildman–Crippen LogP) is 3.39. The SMILES string of the molecule is Cc1ccc(-c2nc3cc(C)cnc3n2CCC(N)=S)cc1. The third-order valence-corrected chi connectivity index (χ3v) is 3.82. The van der Waals surface area contributed by atoms with Gasteiger partial charge in [-0.15, -0.1) is 0 Å². The lowest BCUT2D eigenvalue weighted by Gasteiger charge is -2.08. The zero-order valence-corrected chi connectivity index (χ0v) is 13.5. The lowest BCUT2D eigenvalue weighted by molar-refractivity contribution is 0.749. The minimum absolute atomic E-state index is 0.504. The molecule has 0 spiro atoms. The van der Waals surface area contributed by atoms with E-state index in [1.807, 2.05) is 13.1 Å². The van der Waals surface area contributed by atoms with Gasteiger partial charge in [-0.3, -0.25) is 0 Å². The molecular formula is C17H18N4S. The molecule has 0 atom stereocenters. The zero-order chi connectivity index (χ0) is 15.7. The molecule has 0 aliphatic carbocycles. The monoisotopic (exact) mass is 310 g/mol. The molecule has 4 nitrogen and oxygen atoms in total. The maximum absolute atomic E-state index is 5.66. The van der Waals surface area contributed by atoms with E-state index in [-0.39, 0.29) is 0 Å². The largest absolute Gasteiger partial charge is 0.393 e. The van der Waals surface area contributed by atoms with Crippen molar-refractivity contribution in [1.29, 1.82) is 0 Å². The molecule has 3 rings (SSSR count). The first-order valence-electron chi connectivity index (χ1n) is 7.23. The molecule has 0 saturated heterocycles. The zero-order valence-electron chi connectivity index (χ0n) is 12.7. The van der Waals surface area contributed by atoms with Crippen molar-refractivity contribution < 1.29 is 0 Å². The van der Waals surface area contributed by atoms with Gasteiger partial charge in [0, 0.05) is 24.7 Å². The summed E-state index contributed by atoms with van der Waals surface area (Å²) in [4.78, 5) is 9.81. The number of benzene rings is 1. The Balaban J connectivity index is 2.16. The number of nitrogens with zero attached hydrogens (tertiary/aromatic N) is 3.